The fourth-order valence-electron chi connectivity index (χ4n) is 2.92. The van der Waals surface area contributed by atoms with Crippen molar-refractivity contribution in [2.45, 2.75) is 22.6 Å². The fourth-order valence-corrected chi connectivity index (χ4v) is 6.08. The Hall–Kier alpha value is -1.18. The van der Waals surface area contributed by atoms with Crippen LogP contribution in [0.3, 0.4) is 0 Å². The molecule has 1 aliphatic rings. The van der Waals surface area contributed by atoms with Crippen LogP contribution in [0.15, 0.2) is 69.3 Å². The first-order valence-corrected chi connectivity index (χ1v) is 11.5. The van der Waals surface area contributed by atoms with Crippen LogP contribution in [-0.2, 0) is 10.0 Å². The minimum atomic E-state index is -3.51. The van der Waals surface area contributed by atoms with Gasteiger partial charge in [0.2, 0.25) is 10.0 Å². The predicted octanol–water partition coefficient (Wildman–Crippen LogP) is 5.67. The first kappa shape index (κ1) is 18.2. The van der Waals surface area contributed by atoms with E-state index in [9.17, 15) is 8.42 Å². The molecular weight excluding hydrogens is 454 g/mol. The molecule has 1 aromatic heterocycles. The van der Waals surface area contributed by atoms with Crippen LogP contribution in [0.1, 0.15) is 17.9 Å². The van der Waals surface area contributed by atoms with Crippen molar-refractivity contribution in [1.82, 2.24) is 4.72 Å². The molecule has 1 saturated carbocycles. The average molecular weight is 469 g/mol. The minimum absolute atomic E-state index is 0.0459. The molecule has 0 amide bonds. The summed E-state index contributed by atoms with van der Waals surface area (Å²) >= 11 is 10.6. The number of benzene rings is 2. The smallest absolute Gasteiger partial charge is 0.207 e. The third-order valence-corrected chi connectivity index (χ3v) is 8.21. The van der Waals surface area contributed by atoms with Crippen molar-refractivity contribution in [1.29, 1.82) is 0 Å². The maximum atomic E-state index is 12.7. The summed E-state index contributed by atoms with van der Waals surface area (Å²) in [5.74, 6) is 0.234. The van der Waals surface area contributed by atoms with Crippen molar-refractivity contribution in [2.24, 2.45) is 0 Å². The van der Waals surface area contributed by atoms with Crippen LogP contribution in [-0.4, -0.2) is 14.5 Å². The standard InChI is InChI=1S/C19H15BrClNO2S2/c20-14-3-1-2-13(10-14)16-11-17(16)22-26(23,24)19-9-8-18(25-19)12-4-6-15(21)7-5-12/h1-10,16-17,22H,11H2/t16-,17+/m0/s1. The lowest BCUT2D eigenvalue weighted by Crippen LogP contribution is -2.26. The first-order chi connectivity index (χ1) is 12.4. The number of thiophene rings is 1. The maximum Gasteiger partial charge on any atom is 0.250 e. The zero-order valence-electron chi connectivity index (χ0n) is 13.5. The molecule has 3 nitrogen and oxygen atoms in total. The van der Waals surface area contributed by atoms with E-state index in [0.29, 0.717) is 9.23 Å². The molecule has 134 valence electrons. The van der Waals surface area contributed by atoms with E-state index in [-0.39, 0.29) is 12.0 Å². The molecule has 1 N–H and O–H groups in total. The lowest BCUT2D eigenvalue weighted by Gasteiger charge is -2.05. The van der Waals surface area contributed by atoms with Gasteiger partial charge >= 0.3 is 0 Å². The molecule has 2 atom stereocenters. The van der Waals surface area contributed by atoms with Gasteiger partial charge in [0, 0.05) is 26.3 Å². The molecule has 4 rings (SSSR count). The van der Waals surface area contributed by atoms with Crippen LogP contribution >= 0.6 is 38.9 Å². The summed E-state index contributed by atoms with van der Waals surface area (Å²) in [6.07, 6.45) is 0.825. The topological polar surface area (TPSA) is 46.2 Å². The highest BCUT2D eigenvalue weighted by Gasteiger charge is 2.41. The van der Waals surface area contributed by atoms with Crippen LogP contribution in [0, 0.1) is 0 Å². The Kier molecular flexibility index (Phi) is 4.96. The summed E-state index contributed by atoms with van der Waals surface area (Å²) in [5, 5.41) is 0.659. The molecule has 7 heteroatoms. The average Bonchev–Trinajstić information content (AvgIpc) is 3.16. The molecule has 0 spiro atoms. The number of halogens is 2. The molecule has 0 radical (unpaired) electrons. The summed E-state index contributed by atoms with van der Waals surface area (Å²) < 4.78 is 29.6. The highest BCUT2D eigenvalue weighted by atomic mass is 79.9. The van der Waals surface area contributed by atoms with Gasteiger partial charge in [-0.2, -0.15) is 0 Å². The van der Waals surface area contributed by atoms with Crippen molar-refractivity contribution in [2.75, 3.05) is 0 Å². The van der Waals surface area contributed by atoms with Crippen LogP contribution in [0.2, 0.25) is 5.02 Å². The van der Waals surface area contributed by atoms with Gasteiger partial charge < -0.3 is 0 Å². The zero-order valence-corrected chi connectivity index (χ0v) is 17.5. The predicted molar refractivity (Wildman–Crippen MR) is 110 cm³/mol. The Balaban J connectivity index is 1.49. The molecule has 26 heavy (non-hydrogen) atoms. The van der Waals surface area contributed by atoms with E-state index in [4.69, 9.17) is 11.6 Å². The second-order valence-corrected chi connectivity index (χ2v) is 10.6. The van der Waals surface area contributed by atoms with Crippen molar-refractivity contribution in [3.8, 4) is 10.4 Å². The Morgan fingerprint density at radius 3 is 2.58 bits per heavy atom. The lowest BCUT2D eigenvalue weighted by molar-refractivity contribution is 0.582. The van der Waals surface area contributed by atoms with E-state index >= 15 is 0 Å². The molecule has 3 aromatic rings. The van der Waals surface area contributed by atoms with E-state index in [1.807, 2.05) is 42.5 Å². The summed E-state index contributed by atoms with van der Waals surface area (Å²) in [7, 11) is -3.51. The van der Waals surface area contributed by atoms with Gasteiger partial charge in [-0.05, 0) is 53.9 Å². The Labute approximate surface area is 170 Å². The summed E-state index contributed by atoms with van der Waals surface area (Å²) in [6.45, 7) is 0. The molecule has 1 heterocycles. The lowest BCUT2D eigenvalue weighted by atomic mass is 10.1. The van der Waals surface area contributed by atoms with Gasteiger partial charge in [0.15, 0.2) is 0 Å². The largest absolute Gasteiger partial charge is 0.250 e. The normalized spacial score (nSPS) is 19.5. The van der Waals surface area contributed by atoms with Gasteiger partial charge in [0.05, 0.1) is 0 Å². The van der Waals surface area contributed by atoms with E-state index in [2.05, 4.69) is 20.7 Å². The van der Waals surface area contributed by atoms with Gasteiger partial charge in [-0.15, -0.1) is 11.3 Å². The van der Waals surface area contributed by atoms with Crippen molar-refractivity contribution in [3.63, 3.8) is 0 Å². The number of hydrogen-bond donors (Lipinski definition) is 1. The third-order valence-electron chi connectivity index (χ3n) is 4.35. The quantitative estimate of drug-likeness (QED) is 0.525. The second-order valence-electron chi connectivity index (χ2n) is 6.25. The first-order valence-electron chi connectivity index (χ1n) is 8.06. The van der Waals surface area contributed by atoms with Gasteiger partial charge in [-0.25, -0.2) is 13.1 Å². The van der Waals surface area contributed by atoms with Gasteiger partial charge in [-0.3, -0.25) is 0 Å². The summed E-state index contributed by atoms with van der Waals surface area (Å²) in [4.78, 5) is 0.904. The Morgan fingerprint density at radius 1 is 1.08 bits per heavy atom. The molecule has 1 aliphatic carbocycles. The van der Waals surface area contributed by atoms with E-state index in [0.717, 1.165) is 26.9 Å². The monoisotopic (exact) mass is 467 g/mol. The minimum Gasteiger partial charge on any atom is -0.207 e. The summed E-state index contributed by atoms with van der Waals surface area (Å²) in [6, 6.07) is 18.9. The van der Waals surface area contributed by atoms with Crippen LogP contribution in [0.5, 0.6) is 0 Å². The van der Waals surface area contributed by atoms with Crippen molar-refractivity contribution < 1.29 is 8.42 Å². The van der Waals surface area contributed by atoms with E-state index in [1.165, 1.54) is 11.3 Å². The Morgan fingerprint density at radius 2 is 1.85 bits per heavy atom. The van der Waals surface area contributed by atoms with Gasteiger partial charge in [-0.1, -0.05) is 51.8 Å². The summed E-state index contributed by atoms with van der Waals surface area (Å²) in [5.41, 5.74) is 2.11. The van der Waals surface area contributed by atoms with Crippen molar-refractivity contribution >= 4 is 48.9 Å². The van der Waals surface area contributed by atoms with Gasteiger partial charge in [0.25, 0.3) is 0 Å². The van der Waals surface area contributed by atoms with Crippen LogP contribution in [0.4, 0.5) is 0 Å². The molecule has 1 fully saturated rings. The Bertz CT molecular complexity index is 1050. The number of nitrogens with one attached hydrogen (secondary N) is 1. The molecule has 2 aromatic carbocycles. The van der Waals surface area contributed by atoms with Gasteiger partial charge in [0.1, 0.15) is 4.21 Å². The second kappa shape index (κ2) is 7.09. The maximum absolute atomic E-state index is 12.7. The molecule has 0 bridgehead atoms. The fraction of sp³-hybridized carbons (Fsp3) is 0.158. The van der Waals surface area contributed by atoms with E-state index in [1.54, 1.807) is 18.2 Å². The highest BCUT2D eigenvalue weighted by Crippen LogP contribution is 2.42. The highest BCUT2D eigenvalue weighted by molar-refractivity contribution is 9.10. The third kappa shape index (κ3) is 3.89. The van der Waals surface area contributed by atoms with Crippen LogP contribution in [0.25, 0.3) is 10.4 Å². The zero-order chi connectivity index (χ0) is 18.3. The molecule has 0 aliphatic heterocycles. The van der Waals surface area contributed by atoms with E-state index < -0.39 is 10.0 Å². The number of sulfonamides is 1. The van der Waals surface area contributed by atoms with Crippen molar-refractivity contribution in [3.05, 3.63) is 75.7 Å². The SMILES string of the molecule is O=S(=O)(N[C@@H]1C[C@H]1c1cccc(Br)c1)c1ccc(-c2ccc(Cl)cc2)s1. The van der Waals surface area contributed by atoms with Crippen LogP contribution < -0.4 is 4.72 Å². The molecular formula is C19H15BrClNO2S2. The number of hydrogen-bond acceptors (Lipinski definition) is 3. The number of rotatable bonds is 5. The molecule has 0 unspecified atom stereocenters. The molecule has 0 saturated heterocycles.